The van der Waals surface area contributed by atoms with Crippen molar-refractivity contribution in [1.82, 2.24) is 34.3 Å². The number of hydrogen-bond acceptors (Lipinski definition) is 6. The summed E-state index contributed by atoms with van der Waals surface area (Å²) in [7, 11) is 0. The summed E-state index contributed by atoms with van der Waals surface area (Å²) in [6.45, 7) is 4.19. The van der Waals surface area contributed by atoms with Gasteiger partial charge in [-0.25, -0.2) is 9.97 Å². The third-order valence-corrected chi connectivity index (χ3v) is 6.21. The van der Waals surface area contributed by atoms with Crippen LogP contribution >= 0.6 is 15.9 Å². The molecule has 0 spiro atoms. The number of rotatable bonds is 3. The average Bonchev–Trinajstić information content (AvgIpc) is 3.42. The molecule has 3 aromatic heterocycles. The second-order valence-corrected chi connectivity index (χ2v) is 7.86. The zero-order valence-corrected chi connectivity index (χ0v) is 17.0. The summed E-state index contributed by atoms with van der Waals surface area (Å²) in [6.07, 6.45) is 11.4. The first-order valence-electron chi connectivity index (χ1n) is 9.46. The topological polar surface area (TPSA) is 77.5 Å². The predicted molar refractivity (Wildman–Crippen MR) is 104 cm³/mol. The van der Waals surface area contributed by atoms with Gasteiger partial charge in [0.05, 0.1) is 12.2 Å². The van der Waals surface area contributed by atoms with Crippen LogP contribution in [0.5, 0.6) is 0 Å². The molecule has 0 unspecified atom stereocenters. The Labute approximate surface area is 165 Å². The summed E-state index contributed by atoms with van der Waals surface area (Å²) >= 11 is 3.47. The van der Waals surface area contributed by atoms with Crippen LogP contribution in [-0.4, -0.2) is 40.3 Å². The Balaban J connectivity index is 1.73. The SMILES string of the molecule is CC[C@@H]1c2nnc(C)n2-c2cnc(-n3ccnc3Br)nc2N1C1CCCC1. The maximum Gasteiger partial charge on any atom is 0.237 e. The van der Waals surface area contributed by atoms with E-state index in [4.69, 9.17) is 4.98 Å². The summed E-state index contributed by atoms with van der Waals surface area (Å²) in [6, 6.07) is 0.657. The molecule has 5 rings (SSSR count). The van der Waals surface area contributed by atoms with Crippen LogP contribution in [0.25, 0.3) is 11.6 Å². The van der Waals surface area contributed by atoms with Crippen molar-refractivity contribution < 1.29 is 0 Å². The van der Waals surface area contributed by atoms with E-state index in [9.17, 15) is 0 Å². The number of nitrogens with zero attached hydrogens (tertiary/aromatic N) is 8. The highest BCUT2D eigenvalue weighted by molar-refractivity contribution is 9.10. The van der Waals surface area contributed by atoms with Crippen molar-refractivity contribution in [3.05, 3.63) is 35.0 Å². The lowest BCUT2D eigenvalue weighted by atomic mass is 10.0. The fourth-order valence-corrected chi connectivity index (χ4v) is 4.80. The largest absolute Gasteiger partial charge is 0.341 e. The monoisotopic (exact) mass is 428 g/mol. The minimum atomic E-state index is 0.177. The molecule has 1 aliphatic carbocycles. The van der Waals surface area contributed by atoms with E-state index in [1.54, 1.807) is 6.20 Å². The van der Waals surface area contributed by atoms with Gasteiger partial charge in [0, 0.05) is 18.4 Å². The Hall–Kier alpha value is -2.29. The van der Waals surface area contributed by atoms with Gasteiger partial charge in [-0.2, -0.15) is 4.98 Å². The number of anilines is 1. The van der Waals surface area contributed by atoms with Crippen molar-refractivity contribution in [1.29, 1.82) is 0 Å². The van der Waals surface area contributed by atoms with E-state index in [0.717, 1.165) is 29.6 Å². The number of hydrogen-bond donors (Lipinski definition) is 0. The highest BCUT2D eigenvalue weighted by Crippen LogP contribution is 2.43. The molecule has 1 atom stereocenters. The van der Waals surface area contributed by atoms with Crippen molar-refractivity contribution in [2.75, 3.05) is 4.90 Å². The van der Waals surface area contributed by atoms with Crippen molar-refractivity contribution in [3.63, 3.8) is 0 Å². The first-order valence-corrected chi connectivity index (χ1v) is 10.2. The number of aryl methyl sites for hydroxylation is 1. The van der Waals surface area contributed by atoms with Crippen LogP contribution in [0, 0.1) is 6.92 Å². The molecular weight excluding hydrogens is 408 g/mol. The van der Waals surface area contributed by atoms with E-state index in [2.05, 4.69) is 52.5 Å². The van der Waals surface area contributed by atoms with E-state index in [1.807, 2.05) is 23.9 Å². The zero-order chi connectivity index (χ0) is 18.5. The molecule has 0 amide bonds. The second kappa shape index (κ2) is 6.40. The number of halogens is 1. The average molecular weight is 429 g/mol. The fraction of sp³-hybridized carbons (Fsp3) is 0.500. The van der Waals surface area contributed by atoms with Gasteiger partial charge >= 0.3 is 0 Å². The Bertz CT molecular complexity index is 987. The molecule has 0 N–H and O–H groups in total. The third-order valence-electron chi connectivity index (χ3n) is 5.62. The molecule has 0 radical (unpaired) electrons. The second-order valence-electron chi connectivity index (χ2n) is 7.16. The predicted octanol–water partition coefficient (Wildman–Crippen LogP) is 3.53. The van der Waals surface area contributed by atoms with Gasteiger partial charge < -0.3 is 4.90 Å². The summed E-state index contributed by atoms with van der Waals surface area (Å²) in [5, 5.41) is 8.86. The quantitative estimate of drug-likeness (QED) is 0.634. The molecule has 0 aromatic carbocycles. The molecule has 0 bridgehead atoms. The van der Waals surface area contributed by atoms with E-state index < -0.39 is 0 Å². The normalized spacial score (nSPS) is 19.4. The minimum absolute atomic E-state index is 0.177. The summed E-state index contributed by atoms with van der Waals surface area (Å²) in [5.41, 5.74) is 0.962. The Morgan fingerprint density at radius 2 is 2.00 bits per heavy atom. The third kappa shape index (κ3) is 2.51. The first kappa shape index (κ1) is 16.9. The first-order chi connectivity index (χ1) is 13.2. The van der Waals surface area contributed by atoms with Crippen molar-refractivity contribution in [2.45, 2.75) is 58.0 Å². The molecule has 9 heteroatoms. The van der Waals surface area contributed by atoms with Crippen molar-refractivity contribution >= 4 is 21.7 Å². The summed E-state index contributed by atoms with van der Waals surface area (Å²) in [5.74, 6) is 3.45. The van der Waals surface area contributed by atoms with Crippen molar-refractivity contribution in [3.8, 4) is 11.6 Å². The lowest BCUT2D eigenvalue weighted by Crippen LogP contribution is -2.42. The van der Waals surface area contributed by atoms with Gasteiger partial charge in [0.15, 0.2) is 16.4 Å². The molecule has 27 heavy (non-hydrogen) atoms. The highest BCUT2D eigenvalue weighted by Gasteiger charge is 2.39. The molecule has 1 saturated carbocycles. The van der Waals surface area contributed by atoms with Crippen LogP contribution in [0.3, 0.4) is 0 Å². The fourth-order valence-electron chi connectivity index (χ4n) is 4.41. The van der Waals surface area contributed by atoms with E-state index in [0.29, 0.717) is 16.7 Å². The number of fused-ring (bicyclic) bond motifs is 3. The summed E-state index contributed by atoms with van der Waals surface area (Å²) in [4.78, 5) is 16.3. The van der Waals surface area contributed by atoms with Crippen LogP contribution in [0.1, 0.15) is 56.7 Å². The number of imidazole rings is 1. The minimum Gasteiger partial charge on any atom is -0.341 e. The molecule has 1 fully saturated rings. The lowest BCUT2D eigenvalue weighted by molar-refractivity contribution is 0.467. The Kier molecular flexibility index (Phi) is 3.99. The molecule has 0 saturated heterocycles. The van der Waals surface area contributed by atoms with Crippen LogP contribution in [0.2, 0.25) is 0 Å². The van der Waals surface area contributed by atoms with E-state index in [1.165, 1.54) is 25.7 Å². The van der Waals surface area contributed by atoms with Crippen LogP contribution in [0.4, 0.5) is 5.82 Å². The smallest absolute Gasteiger partial charge is 0.237 e. The van der Waals surface area contributed by atoms with Gasteiger partial charge in [-0.3, -0.25) is 9.13 Å². The molecular formula is C18H21BrN8. The lowest BCUT2D eigenvalue weighted by Gasteiger charge is -2.41. The highest BCUT2D eigenvalue weighted by atomic mass is 79.9. The van der Waals surface area contributed by atoms with E-state index in [-0.39, 0.29) is 6.04 Å². The zero-order valence-electron chi connectivity index (χ0n) is 15.4. The molecule has 2 aliphatic rings. The van der Waals surface area contributed by atoms with Crippen molar-refractivity contribution in [2.24, 2.45) is 0 Å². The van der Waals surface area contributed by atoms with Gasteiger partial charge in [0.1, 0.15) is 11.5 Å². The van der Waals surface area contributed by atoms with Crippen LogP contribution in [-0.2, 0) is 0 Å². The standard InChI is InChI=1S/C18H21BrN8/c1-3-13-16-24-23-11(2)26(16)14-10-21-18(25-9-8-20-17(25)19)22-15(14)27(13)12-6-4-5-7-12/h8-10,12-13H,3-7H2,1-2H3/t13-/m1/s1. The van der Waals surface area contributed by atoms with Gasteiger partial charge in [-0.1, -0.05) is 19.8 Å². The molecule has 140 valence electrons. The molecule has 8 nitrogen and oxygen atoms in total. The van der Waals surface area contributed by atoms with Gasteiger partial charge in [-0.05, 0) is 42.1 Å². The van der Waals surface area contributed by atoms with E-state index >= 15 is 0 Å². The molecule has 4 heterocycles. The van der Waals surface area contributed by atoms with Crippen LogP contribution < -0.4 is 4.90 Å². The summed E-state index contributed by atoms with van der Waals surface area (Å²) < 4.78 is 4.66. The maximum atomic E-state index is 4.99. The molecule has 1 aliphatic heterocycles. The van der Waals surface area contributed by atoms with Gasteiger partial charge in [0.2, 0.25) is 5.95 Å². The molecule has 3 aromatic rings. The Morgan fingerprint density at radius 3 is 2.70 bits per heavy atom. The maximum absolute atomic E-state index is 4.99. The number of aromatic nitrogens is 7. The van der Waals surface area contributed by atoms with Gasteiger partial charge in [-0.15, -0.1) is 10.2 Å². The van der Waals surface area contributed by atoms with Crippen LogP contribution in [0.15, 0.2) is 23.3 Å². The Morgan fingerprint density at radius 1 is 1.19 bits per heavy atom. The van der Waals surface area contributed by atoms with Gasteiger partial charge in [0.25, 0.3) is 0 Å².